The van der Waals surface area contributed by atoms with Gasteiger partial charge in [-0.25, -0.2) is 0 Å². The Kier molecular flexibility index (Phi) is 4.71. The molecule has 2 heteroatoms. The summed E-state index contributed by atoms with van der Waals surface area (Å²) in [5, 5.41) is 0. The molecule has 0 atom stereocenters. The third-order valence-corrected chi connectivity index (χ3v) is 4.59. The van der Waals surface area contributed by atoms with Gasteiger partial charge in [-0.1, -0.05) is 75.1 Å². The highest BCUT2D eigenvalue weighted by Crippen LogP contribution is 2.30. The standard InChI is InChI=1S/C21H22O2/c1-2-3-4-5-6-10-15-11-9-14-18-19(15)21(23)17-13-8-7-12-16(17)20(18)22/h7-9,11-14H,2-6,10H2,1H3. The molecule has 0 spiro atoms. The molecule has 118 valence electrons. The van der Waals surface area contributed by atoms with Crippen LogP contribution in [0.4, 0.5) is 0 Å². The van der Waals surface area contributed by atoms with Gasteiger partial charge in [0.25, 0.3) is 0 Å². The van der Waals surface area contributed by atoms with Crippen LogP contribution >= 0.6 is 0 Å². The van der Waals surface area contributed by atoms with Crippen molar-refractivity contribution in [2.24, 2.45) is 0 Å². The molecule has 0 amide bonds. The number of hydrogen-bond donors (Lipinski definition) is 0. The van der Waals surface area contributed by atoms with Crippen molar-refractivity contribution in [2.45, 2.75) is 45.4 Å². The summed E-state index contributed by atoms with van der Waals surface area (Å²) < 4.78 is 0. The number of unbranched alkanes of at least 4 members (excludes halogenated alkanes) is 4. The summed E-state index contributed by atoms with van der Waals surface area (Å²) in [4.78, 5) is 25.5. The van der Waals surface area contributed by atoms with E-state index in [2.05, 4.69) is 6.92 Å². The third-order valence-electron chi connectivity index (χ3n) is 4.59. The summed E-state index contributed by atoms with van der Waals surface area (Å²) in [6, 6.07) is 12.8. The molecule has 0 radical (unpaired) electrons. The van der Waals surface area contributed by atoms with E-state index < -0.39 is 0 Å². The van der Waals surface area contributed by atoms with Gasteiger partial charge in [0.15, 0.2) is 11.6 Å². The summed E-state index contributed by atoms with van der Waals surface area (Å²) >= 11 is 0. The van der Waals surface area contributed by atoms with Crippen molar-refractivity contribution < 1.29 is 9.59 Å². The van der Waals surface area contributed by atoms with Gasteiger partial charge in [0.1, 0.15) is 0 Å². The molecule has 0 fully saturated rings. The monoisotopic (exact) mass is 306 g/mol. The van der Waals surface area contributed by atoms with Gasteiger partial charge in [0.05, 0.1) is 0 Å². The van der Waals surface area contributed by atoms with Crippen LogP contribution in [0.1, 0.15) is 76.4 Å². The number of carbonyl (C=O) groups is 2. The molecule has 23 heavy (non-hydrogen) atoms. The van der Waals surface area contributed by atoms with E-state index in [1.807, 2.05) is 24.3 Å². The van der Waals surface area contributed by atoms with E-state index in [1.54, 1.807) is 18.2 Å². The molecule has 0 N–H and O–H groups in total. The van der Waals surface area contributed by atoms with Gasteiger partial charge in [0, 0.05) is 22.3 Å². The Balaban J connectivity index is 1.88. The maximum atomic E-state index is 12.9. The van der Waals surface area contributed by atoms with Crippen molar-refractivity contribution in [1.82, 2.24) is 0 Å². The summed E-state index contributed by atoms with van der Waals surface area (Å²) in [6.07, 6.45) is 6.84. The van der Waals surface area contributed by atoms with Crippen molar-refractivity contribution in [1.29, 1.82) is 0 Å². The molecule has 1 aliphatic carbocycles. The lowest BCUT2D eigenvalue weighted by Gasteiger charge is -2.20. The zero-order valence-corrected chi connectivity index (χ0v) is 13.6. The van der Waals surface area contributed by atoms with Crippen LogP contribution in [-0.4, -0.2) is 11.6 Å². The van der Waals surface area contributed by atoms with Crippen LogP contribution in [0.3, 0.4) is 0 Å². The maximum Gasteiger partial charge on any atom is 0.194 e. The first-order valence-electron chi connectivity index (χ1n) is 8.54. The quantitative estimate of drug-likeness (QED) is 0.602. The predicted octanol–water partition coefficient (Wildman–Crippen LogP) is 4.97. The summed E-state index contributed by atoms with van der Waals surface area (Å²) in [5.41, 5.74) is 3.30. The van der Waals surface area contributed by atoms with Crippen molar-refractivity contribution in [2.75, 3.05) is 0 Å². The molecular formula is C21H22O2. The Morgan fingerprint density at radius 3 is 2.09 bits per heavy atom. The fourth-order valence-corrected chi connectivity index (χ4v) is 3.34. The highest BCUT2D eigenvalue weighted by molar-refractivity contribution is 6.28. The van der Waals surface area contributed by atoms with Gasteiger partial charge in [-0.2, -0.15) is 0 Å². The normalized spacial score (nSPS) is 12.9. The van der Waals surface area contributed by atoms with Crippen LogP contribution in [0.2, 0.25) is 0 Å². The van der Waals surface area contributed by atoms with E-state index in [0.29, 0.717) is 22.3 Å². The average Bonchev–Trinajstić information content (AvgIpc) is 2.59. The molecule has 2 nitrogen and oxygen atoms in total. The minimum Gasteiger partial charge on any atom is -0.289 e. The lowest BCUT2D eigenvalue weighted by Crippen LogP contribution is -2.22. The van der Waals surface area contributed by atoms with Crippen LogP contribution in [0.5, 0.6) is 0 Å². The Morgan fingerprint density at radius 2 is 1.35 bits per heavy atom. The highest BCUT2D eigenvalue weighted by Gasteiger charge is 2.30. The third kappa shape index (κ3) is 2.98. The number of benzene rings is 2. The molecule has 0 saturated heterocycles. The van der Waals surface area contributed by atoms with E-state index in [9.17, 15) is 9.59 Å². The first-order chi connectivity index (χ1) is 11.2. The molecule has 2 aromatic rings. The van der Waals surface area contributed by atoms with E-state index in [-0.39, 0.29) is 11.6 Å². The molecule has 0 aromatic heterocycles. The smallest absolute Gasteiger partial charge is 0.194 e. The number of hydrogen-bond acceptors (Lipinski definition) is 2. The van der Waals surface area contributed by atoms with Gasteiger partial charge in [-0.15, -0.1) is 0 Å². The largest absolute Gasteiger partial charge is 0.289 e. The number of aryl methyl sites for hydroxylation is 1. The second kappa shape index (κ2) is 6.91. The number of rotatable bonds is 6. The predicted molar refractivity (Wildman–Crippen MR) is 92.2 cm³/mol. The number of ketones is 2. The van der Waals surface area contributed by atoms with Gasteiger partial charge < -0.3 is 0 Å². The molecule has 0 bridgehead atoms. The van der Waals surface area contributed by atoms with E-state index >= 15 is 0 Å². The van der Waals surface area contributed by atoms with Gasteiger partial charge in [-0.3, -0.25) is 9.59 Å². The zero-order chi connectivity index (χ0) is 16.2. The lowest BCUT2D eigenvalue weighted by molar-refractivity contribution is 0.0978. The van der Waals surface area contributed by atoms with Crippen molar-refractivity contribution in [3.63, 3.8) is 0 Å². The van der Waals surface area contributed by atoms with Crippen molar-refractivity contribution >= 4 is 11.6 Å². The fraction of sp³-hybridized carbons (Fsp3) is 0.333. The molecule has 2 aromatic carbocycles. The van der Waals surface area contributed by atoms with Gasteiger partial charge in [0.2, 0.25) is 0 Å². The van der Waals surface area contributed by atoms with E-state index in [1.165, 1.54) is 25.7 Å². The first kappa shape index (κ1) is 15.7. The van der Waals surface area contributed by atoms with Crippen LogP contribution in [0.25, 0.3) is 0 Å². The molecular weight excluding hydrogens is 284 g/mol. The number of carbonyl (C=O) groups excluding carboxylic acids is 2. The molecule has 0 heterocycles. The second-order valence-corrected chi connectivity index (χ2v) is 6.21. The first-order valence-corrected chi connectivity index (χ1v) is 8.54. The summed E-state index contributed by atoms with van der Waals surface area (Å²) in [7, 11) is 0. The average molecular weight is 306 g/mol. The molecule has 1 aliphatic rings. The van der Waals surface area contributed by atoms with Crippen molar-refractivity contribution in [3.8, 4) is 0 Å². The summed E-state index contributed by atoms with van der Waals surface area (Å²) in [5.74, 6) is -0.0256. The molecule has 0 aliphatic heterocycles. The summed E-state index contributed by atoms with van der Waals surface area (Å²) in [6.45, 7) is 2.20. The van der Waals surface area contributed by atoms with E-state index in [4.69, 9.17) is 0 Å². The maximum absolute atomic E-state index is 12.9. The van der Waals surface area contributed by atoms with E-state index in [0.717, 1.165) is 18.4 Å². The van der Waals surface area contributed by atoms with Crippen LogP contribution < -0.4 is 0 Å². The minimum absolute atomic E-state index is 0.000594. The Hall–Kier alpha value is -2.22. The Morgan fingerprint density at radius 1 is 0.696 bits per heavy atom. The van der Waals surface area contributed by atoms with Crippen molar-refractivity contribution in [3.05, 3.63) is 70.3 Å². The number of fused-ring (bicyclic) bond motifs is 2. The molecule has 3 rings (SSSR count). The second-order valence-electron chi connectivity index (χ2n) is 6.21. The minimum atomic E-state index is -0.0250. The topological polar surface area (TPSA) is 34.1 Å². The van der Waals surface area contributed by atoms with Gasteiger partial charge >= 0.3 is 0 Å². The molecule has 0 saturated carbocycles. The zero-order valence-electron chi connectivity index (χ0n) is 13.6. The van der Waals surface area contributed by atoms with Crippen LogP contribution in [0.15, 0.2) is 42.5 Å². The highest BCUT2D eigenvalue weighted by atomic mass is 16.1. The Bertz CT molecular complexity index is 743. The lowest BCUT2D eigenvalue weighted by atomic mass is 9.81. The SMILES string of the molecule is CCCCCCCc1cccc2c1C(=O)c1ccccc1C2=O. The van der Waals surface area contributed by atoms with Crippen LogP contribution in [0, 0.1) is 0 Å². The molecule has 0 unspecified atom stereocenters. The van der Waals surface area contributed by atoms with Gasteiger partial charge in [-0.05, 0) is 18.4 Å². The fourth-order valence-electron chi connectivity index (χ4n) is 3.34. The Labute approximate surface area is 137 Å². The van der Waals surface area contributed by atoms with Crippen LogP contribution in [-0.2, 0) is 6.42 Å².